The molecule has 0 spiro atoms. The van der Waals surface area contributed by atoms with E-state index in [4.69, 9.17) is 4.98 Å². The van der Waals surface area contributed by atoms with Crippen LogP contribution in [-0.2, 0) is 24.1 Å². The second-order valence-corrected chi connectivity index (χ2v) is 7.41. The van der Waals surface area contributed by atoms with Crippen LogP contribution in [0.5, 0.6) is 0 Å². The lowest BCUT2D eigenvalue weighted by atomic mass is 9.86. The van der Waals surface area contributed by atoms with Crippen LogP contribution in [0.25, 0.3) is 0 Å². The predicted octanol–water partition coefficient (Wildman–Crippen LogP) is 2.85. The van der Waals surface area contributed by atoms with E-state index in [-0.39, 0.29) is 11.8 Å². The van der Waals surface area contributed by atoms with Crippen molar-refractivity contribution in [2.24, 2.45) is 5.92 Å². The Balaban J connectivity index is 1.56. The van der Waals surface area contributed by atoms with Gasteiger partial charge in [-0.2, -0.15) is 0 Å². The molecule has 3 rings (SSSR count). The summed E-state index contributed by atoms with van der Waals surface area (Å²) in [4.78, 5) is 25.2. The molecule has 1 N–H and O–H groups in total. The number of aromatic nitrogens is 2. The van der Waals surface area contributed by atoms with Gasteiger partial charge in [0, 0.05) is 42.3 Å². The quantitative estimate of drug-likeness (QED) is 0.827. The van der Waals surface area contributed by atoms with Gasteiger partial charge in [0.15, 0.2) is 0 Å². The number of nitrogens with zero attached hydrogens (tertiary/aromatic N) is 3. The molecule has 0 radical (unpaired) electrons. The second-order valence-electron chi connectivity index (χ2n) is 6.37. The molecule has 0 saturated heterocycles. The molecular weight excluding hydrogens is 332 g/mol. The third-order valence-electron chi connectivity index (χ3n) is 4.81. The van der Waals surface area contributed by atoms with Gasteiger partial charge in [-0.05, 0) is 56.5 Å². The molecule has 0 bridgehead atoms. The summed E-state index contributed by atoms with van der Waals surface area (Å²) in [6.07, 6.45) is 5.30. The van der Waals surface area contributed by atoms with Crippen LogP contribution in [0.15, 0.2) is 23.7 Å². The number of rotatable bonds is 7. The van der Waals surface area contributed by atoms with E-state index in [1.54, 1.807) is 11.3 Å². The van der Waals surface area contributed by atoms with Crippen molar-refractivity contribution in [3.05, 3.63) is 39.8 Å². The van der Waals surface area contributed by atoms with E-state index in [2.05, 4.69) is 40.5 Å². The van der Waals surface area contributed by atoms with Crippen molar-refractivity contribution in [1.29, 1.82) is 0 Å². The lowest BCUT2D eigenvalue weighted by molar-refractivity contribution is -0.125. The SMILES string of the molecule is CCN(CC)c1ncc2c(n1)CCC(C(=O)NCCc1cccs1)C2. The van der Waals surface area contributed by atoms with Gasteiger partial charge in [-0.3, -0.25) is 4.79 Å². The summed E-state index contributed by atoms with van der Waals surface area (Å²) in [6, 6.07) is 4.16. The van der Waals surface area contributed by atoms with Gasteiger partial charge in [-0.25, -0.2) is 9.97 Å². The van der Waals surface area contributed by atoms with Gasteiger partial charge in [-0.1, -0.05) is 6.07 Å². The summed E-state index contributed by atoms with van der Waals surface area (Å²) in [7, 11) is 0. The largest absolute Gasteiger partial charge is 0.355 e. The summed E-state index contributed by atoms with van der Waals surface area (Å²) < 4.78 is 0. The minimum absolute atomic E-state index is 0.0405. The van der Waals surface area contributed by atoms with E-state index in [9.17, 15) is 4.79 Å². The molecule has 0 aromatic carbocycles. The van der Waals surface area contributed by atoms with Crippen LogP contribution in [0.1, 0.15) is 36.4 Å². The van der Waals surface area contributed by atoms with Crippen LogP contribution in [-0.4, -0.2) is 35.5 Å². The average molecular weight is 359 g/mol. The maximum atomic E-state index is 12.4. The molecule has 1 unspecified atom stereocenters. The Kier molecular flexibility index (Phi) is 6.02. The van der Waals surface area contributed by atoms with Gasteiger partial charge in [0.25, 0.3) is 0 Å². The van der Waals surface area contributed by atoms with Gasteiger partial charge in [0.2, 0.25) is 11.9 Å². The first kappa shape index (κ1) is 17.9. The third kappa shape index (κ3) is 4.37. The van der Waals surface area contributed by atoms with E-state index < -0.39 is 0 Å². The number of nitrogens with one attached hydrogen (secondary N) is 1. The summed E-state index contributed by atoms with van der Waals surface area (Å²) in [5.41, 5.74) is 2.24. The zero-order valence-electron chi connectivity index (χ0n) is 15.0. The molecular formula is C19H26N4OS. The Morgan fingerprint density at radius 3 is 2.96 bits per heavy atom. The van der Waals surface area contributed by atoms with E-state index in [1.807, 2.05) is 12.3 Å². The maximum Gasteiger partial charge on any atom is 0.225 e. The molecule has 0 saturated carbocycles. The van der Waals surface area contributed by atoms with Gasteiger partial charge in [0.05, 0.1) is 0 Å². The van der Waals surface area contributed by atoms with E-state index in [1.165, 1.54) is 4.88 Å². The highest BCUT2D eigenvalue weighted by molar-refractivity contribution is 7.09. The number of carbonyl (C=O) groups excluding carboxylic acids is 1. The molecule has 2 aromatic rings. The summed E-state index contributed by atoms with van der Waals surface area (Å²) in [5.74, 6) is 1.01. The Morgan fingerprint density at radius 2 is 2.24 bits per heavy atom. The highest BCUT2D eigenvalue weighted by Crippen LogP contribution is 2.25. The maximum absolute atomic E-state index is 12.4. The number of fused-ring (bicyclic) bond motifs is 1. The van der Waals surface area contributed by atoms with Crippen LogP contribution < -0.4 is 10.2 Å². The normalized spacial score (nSPS) is 16.3. The molecule has 1 atom stereocenters. The van der Waals surface area contributed by atoms with Crippen LogP contribution in [0.3, 0.4) is 0 Å². The Morgan fingerprint density at radius 1 is 1.40 bits per heavy atom. The van der Waals surface area contributed by atoms with Crippen molar-refractivity contribution in [1.82, 2.24) is 15.3 Å². The number of anilines is 1. The fraction of sp³-hybridized carbons (Fsp3) is 0.526. The van der Waals surface area contributed by atoms with Crippen LogP contribution >= 0.6 is 11.3 Å². The minimum Gasteiger partial charge on any atom is -0.355 e. The first-order chi connectivity index (χ1) is 12.2. The smallest absolute Gasteiger partial charge is 0.225 e. The number of amides is 1. The van der Waals surface area contributed by atoms with Gasteiger partial charge >= 0.3 is 0 Å². The molecule has 1 amide bonds. The van der Waals surface area contributed by atoms with Crippen LogP contribution in [0.4, 0.5) is 5.95 Å². The Hall–Kier alpha value is -1.95. The Labute approximate surface area is 153 Å². The third-order valence-corrected chi connectivity index (χ3v) is 5.74. The minimum atomic E-state index is 0.0405. The number of thiophene rings is 1. The van der Waals surface area contributed by atoms with Gasteiger partial charge in [0.1, 0.15) is 0 Å². The highest BCUT2D eigenvalue weighted by atomic mass is 32.1. The molecule has 1 aliphatic carbocycles. The summed E-state index contributed by atoms with van der Waals surface area (Å²) >= 11 is 1.74. The number of hydrogen-bond acceptors (Lipinski definition) is 5. The standard InChI is InChI=1S/C19H26N4OS/c1-3-23(4-2)19-21-13-15-12-14(7-8-17(15)22-19)18(24)20-10-9-16-6-5-11-25-16/h5-6,11,13-14H,3-4,7-10,12H2,1-2H3,(H,20,24). The first-order valence-electron chi connectivity index (χ1n) is 9.11. The molecule has 6 heteroatoms. The van der Waals surface area contributed by atoms with E-state index in [0.717, 1.165) is 56.0 Å². The fourth-order valence-electron chi connectivity index (χ4n) is 3.29. The lowest BCUT2D eigenvalue weighted by Crippen LogP contribution is -2.35. The van der Waals surface area contributed by atoms with Crippen molar-refractivity contribution in [2.75, 3.05) is 24.5 Å². The fourth-order valence-corrected chi connectivity index (χ4v) is 4.00. The molecule has 25 heavy (non-hydrogen) atoms. The van der Waals surface area contributed by atoms with Crippen molar-refractivity contribution < 1.29 is 4.79 Å². The van der Waals surface area contributed by atoms with Crippen molar-refractivity contribution in [2.45, 2.75) is 39.5 Å². The second kappa shape index (κ2) is 8.43. The van der Waals surface area contributed by atoms with E-state index in [0.29, 0.717) is 6.54 Å². The topological polar surface area (TPSA) is 58.1 Å². The molecule has 5 nitrogen and oxygen atoms in total. The molecule has 2 heterocycles. The number of aryl methyl sites for hydroxylation is 1. The number of carbonyl (C=O) groups is 1. The summed E-state index contributed by atoms with van der Waals surface area (Å²) in [6.45, 7) is 6.75. The number of hydrogen-bond donors (Lipinski definition) is 1. The van der Waals surface area contributed by atoms with Gasteiger partial charge in [-0.15, -0.1) is 11.3 Å². The van der Waals surface area contributed by atoms with Crippen molar-refractivity contribution in [3.8, 4) is 0 Å². The van der Waals surface area contributed by atoms with E-state index >= 15 is 0 Å². The predicted molar refractivity (Wildman–Crippen MR) is 102 cm³/mol. The molecule has 134 valence electrons. The lowest BCUT2D eigenvalue weighted by Gasteiger charge is -2.25. The molecule has 2 aromatic heterocycles. The van der Waals surface area contributed by atoms with Crippen molar-refractivity contribution in [3.63, 3.8) is 0 Å². The van der Waals surface area contributed by atoms with Crippen molar-refractivity contribution >= 4 is 23.2 Å². The summed E-state index contributed by atoms with van der Waals surface area (Å²) in [5, 5.41) is 5.16. The first-order valence-corrected chi connectivity index (χ1v) is 9.99. The molecule has 0 fully saturated rings. The zero-order chi connectivity index (χ0) is 17.6. The van der Waals surface area contributed by atoms with Gasteiger partial charge < -0.3 is 10.2 Å². The Bertz CT molecular complexity index is 697. The highest BCUT2D eigenvalue weighted by Gasteiger charge is 2.26. The zero-order valence-corrected chi connectivity index (χ0v) is 15.8. The molecule has 0 aliphatic heterocycles. The average Bonchev–Trinajstić information content (AvgIpc) is 3.15. The monoisotopic (exact) mass is 358 g/mol. The van der Waals surface area contributed by atoms with Crippen LogP contribution in [0, 0.1) is 5.92 Å². The molecule has 1 aliphatic rings. The van der Waals surface area contributed by atoms with Crippen LogP contribution in [0.2, 0.25) is 0 Å².